The SMILES string of the molecule is Fc1cc(F)cc(CCNCC2Cc3ccccc3S2)c1. The Kier molecular flexibility index (Phi) is 4.56. The van der Waals surface area contributed by atoms with Gasteiger partial charge in [-0.1, -0.05) is 18.2 Å². The van der Waals surface area contributed by atoms with E-state index in [2.05, 4.69) is 29.6 Å². The first-order chi connectivity index (χ1) is 10.2. The number of benzene rings is 2. The summed E-state index contributed by atoms with van der Waals surface area (Å²) < 4.78 is 26.1. The summed E-state index contributed by atoms with van der Waals surface area (Å²) in [6, 6.07) is 12.2. The van der Waals surface area contributed by atoms with Crippen LogP contribution in [0.3, 0.4) is 0 Å². The largest absolute Gasteiger partial charge is 0.315 e. The van der Waals surface area contributed by atoms with E-state index in [0.29, 0.717) is 17.2 Å². The molecule has 0 amide bonds. The Balaban J connectivity index is 1.43. The maximum atomic E-state index is 13.1. The predicted octanol–water partition coefficient (Wildman–Crippen LogP) is 3.81. The van der Waals surface area contributed by atoms with Gasteiger partial charge < -0.3 is 5.32 Å². The lowest BCUT2D eigenvalue weighted by Gasteiger charge is -2.10. The van der Waals surface area contributed by atoms with Gasteiger partial charge in [-0.05, 0) is 48.7 Å². The molecule has 1 aliphatic heterocycles. The van der Waals surface area contributed by atoms with Crippen LogP contribution < -0.4 is 5.32 Å². The van der Waals surface area contributed by atoms with Crippen molar-refractivity contribution in [3.63, 3.8) is 0 Å². The highest BCUT2D eigenvalue weighted by molar-refractivity contribution is 8.00. The second kappa shape index (κ2) is 6.58. The van der Waals surface area contributed by atoms with Gasteiger partial charge in [0.25, 0.3) is 0 Å². The minimum absolute atomic E-state index is 0.508. The van der Waals surface area contributed by atoms with Crippen LogP contribution >= 0.6 is 11.8 Å². The van der Waals surface area contributed by atoms with Crippen LogP contribution in [0.1, 0.15) is 11.1 Å². The Morgan fingerprint density at radius 2 is 1.86 bits per heavy atom. The van der Waals surface area contributed by atoms with Crippen molar-refractivity contribution < 1.29 is 8.78 Å². The molecule has 2 aromatic rings. The van der Waals surface area contributed by atoms with Crippen LogP contribution in [-0.4, -0.2) is 18.3 Å². The fourth-order valence-electron chi connectivity index (χ4n) is 2.62. The van der Waals surface area contributed by atoms with Gasteiger partial charge in [0.2, 0.25) is 0 Å². The lowest BCUT2D eigenvalue weighted by atomic mass is 10.1. The molecule has 0 radical (unpaired) electrons. The molecule has 110 valence electrons. The van der Waals surface area contributed by atoms with Crippen LogP contribution in [0.25, 0.3) is 0 Å². The highest BCUT2D eigenvalue weighted by Gasteiger charge is 2.20. The van der Waals surface area contributed by atoms with Gasteiger partial charge in [0.15, 0.2) is 0 Å². The zero-order valence-corrected chi connectivity index (χ0v) is 12.4. The number of hydrogen-bond acceptors (Lipinski definition) is 2. The molecule has 1 heterocycles. The summed E-state index contributed by atoms with van der Waals surface area (Å²) in [6.07, 6.45) is 1.72. The van der Waals surface area contributed by atoms with Crippen molar-refractivity contribution in [2.75, 3.05) is 13.1 Å². The van der Waals surface area contributed by atoms with Crippen molar-refractivity contribution in [1.29, 1.82) is 0 Å². The van der Waals surface area contributed by atoms with Gasteiger partial charge in [0, 0.05) is 22.8 Å². The predicted molar refractivity (Wildman–Crippen MR) is 82.7 cm³/mol. The number of hydrogen-bond donors (Lipinski definition) is 1. The second-order valence-corrected chi connectivity index (χ2v) is 6.63. The summed E-state index contributed by atoms with van der Waals surface area (Å²) in [4.78, 5) is 1.37. The minimum atomic E-state index is -0.508. The van der Waals surface area contributed by atoms with E-state index >= 15 is 0 Å². The van der Waals surface area contributed by atoms with Gasteiger partial charge in [0.05, 0.1) is 0 Å². The molecule has 1 atom stereocenters. The lowest BCUT2D eigenvalue weighted by molar-refractivity contribution is 0.577. The van der Waals surface area contributed by atoms with E-state index in [1.54, 1.807) is 0 Å². The summed E-state index contributed by atoms with van der Waals surface area (Å²) in [5.41, 5.74) is 2.11. The first-order valence-electron chi connectivity index (χ1n) is 7.11. The Bertz CT molecular complexity index is 585. The Labute approximate surface area is 127 Å². The topological polar surface area (TPSA) is 12.0 Å². The number of nitrogens with one attached hydrogen (secondary N) is 1. The molecule has 0 aliphatic carbocycles. The standard InChI is InChI=1S/C17H17F2NS/c18-14-7-12(8-15(19)10-14)5-6-20-11-16-9-13-3-1-2-4-17(13)21-16/h1-4,7-8,10,16,20H,5-6,9,11H2. The molecule has 3 rings (SSSR count). The van der Waals surface area contributed by atoms with Crippen molar-refractivity contribution >= 4 is 11.8 Å². The van der Waals surface area contributed by atoms with Crippen molar-refractivity contribution in [3.05, 3.63) is 65.2 Å². The third-order valence-corrected chi connectivity index (χ3v) is 4.92. The zero-order valence-electron chi connectivity index (χ0n) is 11.6. The van der Waals surface area contributed by atoms with E-state index in [4.69, 9.17) is 0 Å². The summed E-state index contributed by atoms with van der Waals surface area (Å²) in [7, 11) is 0. The van der Waals surface area contributed by atoms with Gasteiger partial charge in [0.1, 0.15) is 11.6 Å². The molecule has 0 saturated carbocycles. The molecule has 1 N–H and O–H groups in total. The van der Waals surface area contributed by atoms with Gasteiger partial charge in [-0.25, -0.2) is 8.78 Å². The van der Waals surface area contributed by atoms with Gasteiger partial charge in [-0.15, -0.1) is 11.8 Å². The molecule has 0 fully saturated rings. The average molecular weight is 305 g/mol. The van der Waals surface area contributed by atoms with Crippen LogP contribution in [0.4, 0.5) is 8.78 Å². The third-order valence-electron chi connectivity index (χ3n) is 3.60. The summed E-state index contributed by atoms with van der Waals surface area (Å²) in [5, 5.41) is 3.93. The second-order valence-electron chi connectivity index (χ2n) is 5.28. The van der Waals surface area contributed by atoms with E-state index in [0.717, 1.165) is 25.6 Å². The van der Waals surface area contributed by atoms with E-state index < -0.39 is 11.6 Å². The Morgan fingerprint density at radius 1 is 1.10 bits per heavy atom. The molecule has 0 bridgehead atoms. The summed E-state index contributed by atoms with van der Waals surface area (Å²) in [5.74, 6) is -1.02. The molecular formula is C17H17F2NS. The monoisotopic (exact) mass is 305 g/mol. The van der Waals surface area contributed by atoms with Crippen molar-refractivity contribution in [1.82, 2.24) is 5.32 Å². The summed E-state index contributed by atoms with van der Waals surface area (Å²) >= 11 is 1.90. The number of halogens is 2. The van der Waals surface area contributed by atoms with Gasteiger partial charge in [-0.2, -0.15) is 0 Å². The summed E-state index contributed by atoms with van der Waals surface area (Å²) in [6.45, 7) is 1.65. The van der Waals surface area contributed by atoms with Gasteiger partial charge in [-0.3, -0.25) is 0 Å². The molecule has 0 aromatic heterocycles. The lowest BCUT2D eigenvalue weighted by Crippen LogP contribution is -2.26. The molecule has 4 heteroatoms. The third kappa shape index (κ3) is 3.83. The number of thioether (sulfide) groups is 1. The van der Waals surface area contributed by atoms with Crippen LogP contribution in [0.2, 0.25) is 0 Å². The highest BCUT2D eigenvalue weighted by atomic mass is 32.2. The maximum absolute atomic E-state index is 13.1. The maximum Gasteiger partial charge on any atom is 0.126 e. The molecule has 1 nitrogen and oxygen atoms in total. The fraction of sp³-hybridized carbons (Fsp3) is 0.294. The first kappa shape index (κ1) is 14.5. The van der Waals surface area contributed by atoms with Crippen molar-refractivity contribution in [3.8, 4) is 0 Å². The molecular weight excluding hydrogens is 288 g/mol. The van der Waals surface area contributed by atoms with E-state index in [9.17, 15) is 8.78 Å². The normalized spacial score (nSPS) is 17.0. The average Bonchev–Trinajstić information content (AvgIpc) is 2.85. The van der Waals surface area contributed by atoms with Crippen LogP contribution in [0.15, 0.2) is 47.4 Å². The number of rotatable bonds is 5. The van der Waals surface area contributed by atoms with Crippen LogP contribution in [0.5, 0.6) is 0 Å². The van der Waals surface area contributed by atoms with Crippen molar-refractivity contribution in [2.24, 2.45) is 0 Å². The van der Waals surface area contributed by atoms with Crippen LogP contribution in [-0.2, 0) is 12.8 Å². The quantitative estimate of drug-likeness (QED) is 0.843. The first-order valence-corrected chi connectivity index (χ1v) is 7.99. The minimum Gasteiger partial charge on any atom is -0.315 e. The molecule has 1 aliphatic rings. The fourth-order valence-corrected chi connectivity index (χ4v) is 3.90. The van der Waals surface area contributed by atoms with E-state index in [1.165, 1.54) is 22.6 Å². The molecule has 1 unspecified atom stereocenters. The molecule has 21 heavy (non-hydrogen) atoms. The van der Waals surface area contributed by atoms with E-state index in [1.807, 2.05) is 11.8 Å². The molecule has 2 aromatic carbocycles. The highest BCUT2D eigenvalue weighted by Crippen LogP contribution is 2.36. The van der Waals surface area contributed by atoms with E-state index in [-0.39, 0.29) is 0 Å². The Hall–Kier alpha value is -1.39. The number of fused-ring (bicyclic) bond motifs is 1. The van der Waals surface area contributed by atoms with Crippen LogP contribution in [0, 0.1) is 11.6 Å². The molecule has 0 spiro atoms. The molecule has 0 saturated heterocycles. The Morgan fingerprint density at radius 3 is 2.62 bits per heavy atom. The zero-order chi connectivity index (χ0) is 14.7. The van der Waals surface area contributed by atoms with Crippen molar-refractivity contribution in [2.45, 2.75) is 23.0 Å². The smallest absolute Gasteiger partial charge is 0.126 e. The van der Waals surface area contributed by atoms with Gasteiger partial charge >= 0.3 is 0 Å².